The number of nitrogens with zero attached hydrogens (tertiary/aromatic N) is 1. The van der Waals surface area contributed by atoms with Crippen molar-refractivity contribution in [1.29, 1.82) is 0 Å². The second-order valence-electron chi connectivity index (χ2n) is 5.84. The van der Waals surface area contributed by atoms with Crippen molar-refractivity contribution in [2.75, 3.05) is 26.2 Å². The first-order valence-corrected chi connectivity index (χ1v) is 8.70. The van der Waals surface area contributed by atoms with Crippen molar-refractivity contribution in [3.63, 3.8) is 0 Å². The highest BCUT2D eigenvalue weighted by Crippen LogP contribution is 2.09. The first-order chi connectivity index (χ1) is 12.8. The Bertz CT molecular complexity index is 946. The third-order valence-electron chi connectivity index (χ3n) is 3.94. The molecule has 0 atom stereocenters. The molecule has 5 rings (SSSR count). The Balaban J connectivity index is 0.000000118. The Morgan fingerprint density at radius 2 is 1.35 bits per heavy atom. The zero-order valence-electron chi connectivity index (χ0n) is 14.5. The molecule has 134 valence electrons. The molecule has 2 aromatic carbocycles. The molecule has 1 fully saturated rings. The molecule has 0 aliphatic carbocycles. The van der Waals surface area contributed by atoms with Gasteiger partial charge in [0.15, 0.2) is 0 Å². The van der Waals surface area contributed by atoms with Gasteiger partial charge in [0.1, 0.15) is 0 Å². The monoisotopic (exact) mass is 349 g/mol. The van der Waals surface area contributed by atoms with Gasteiger partial charge in [-0.15, -0.1) is 0 Å². The Labute approximate surface area is 151 Å². The molecule has 6 nitrogen and oxygen atoms in total. The average Bonchev–Trinajstić information content (AvgIpc) is 3.19. The lowest BCUT2D eigenvalue weighted by atomic mass is 10.2. The van der Waals surface area contributed by atoms with E-state index in [4.69, 9.17) is 0 Å². The van der Waals surface area contributed by atoms with Crippen LogP contribution in [-0.2, 0) is 0 Å². The Hall–Kier alpha value is -2.96. The summed E-state index contributed by atoms with van der Waals surface area (Å²) in [7, 11) is 0. The Morgan fingerprint density at radius 3 is 2.00 bits per heavy atom. The first kappa shape index (κ1) is 17.8. The van der Waals surface area contributed by atoms with E-state index in [9.17, 15) is 4.79 Å². The van der Waals surface area contributed by atoms with Crippen molar-refractivity contribution < 1.29 is 0 Å². The van der Waals surface area contributed by atoms with Crippen molar-refractivity contribution >= 4 is 21.8 Å². The second kappa shape index (κ2) is 9.50. The number of hydrogen-bond acceptors (Lipinski definition) is 4. The maximum Gasteiger partial charge on any atom is 0.345 e. The van der Waals surface area contributed by atoms with Crippen molar-refractivity contribution in [2.24, 2.45) is 0 Å². The van der Waals surface area contributed by atoms with E-state index in [0.29, 0.717) is 0 Å². The van der Waals surface area contributed by atoms with Crippen LogP contribution in [0.3, 0.4) is 0 Å². The molecular formula is C20H23N5O. The summed E-state index contributed by atoms with van der Waals surface area (Å²) in [6.07, 6.45) is 3.51. The van der Waals surface area contributed by atoms with Gasteiger partial charge in [-0.3, -0.25) is 0 Å². The maximum atomic E-state index is 10.7. The zero-order chi connectivity index (χ0) is 18.0. The lowest BCUT2D eigenvalue weighted by Gasteiger charge is -2.11. The number of hydrogen-bond donors (Lipinski definition) is 4. The molecule has 2 aromatic heterocycles. The number of benzene rings is 2. The molecule has 1 saturated heterocycles. The largest absolute Gasteiger partial charge is 0.361 e. The van der Waals surface area contributed by atoms with Crippen LogP contribution in [-0.4, -0.2) is 41.1 Å². The molecule has 0 radical (unpaired) electrons. The summed E-state index contributed by atoms with van der Waals surface area (Å²) >= 11 is 0. The minimum Gasteiger partial charge on any atom is -0.361 e. The SMILES string of the molecule is C1CNCCN1.O=c1ncc2ccccc2[nH]1.c1ccc2[nH]ccc2c1. The number of rotatable bonds is 0. The van der Waals surface area contributed by atoms with E-state index in [-0.39, 0.29) is 5.69 Å². The topological polar surface area (TPSA) is 85.6 Å². The van der Waals surface area contributed by atoms with E-state index in [1.807, 2.05) is 42.6 Å². The van der Waals surface area contributed by atoms with Crippen LogP contribution in [0.4, 0.5) is 0 Å². The van der Waals surface area contributed by atoms with Crippen LogP contribution in [0.1, 0.15) is 0 Å². The molecule has 1 aliphatic heterocycles. The highest BCUT2D eigenvalue weighted by molar-refractivity contribution is 5.78. The summed E-state index contributed by atoms with van der Waals surface area (Å²) in [5.74, 6) is 0. The third kappa shape index (κ3) is 5.27. The number of aromatic amines is 2. The standard InChI is InChI=1S/C8H6N2O.C8H7N.C4H10N2/c11-8-9-5-6-3-1-2-4-7(6)10-8;1-2-4-8-7(3-1)5-6-9-8;1-2-6-4-3-5-1/h1-5H,(H,9,10,11);1-6,9H;5-6H,1-4H2. The predicted octanol–water partition coefficient (Wildman–Crippen LogP) is 2.27. The van der Waals surface area contributed by atoms with Gasteiger partial charge >= 0.3 is 5.69 Å². The molecule has 6 heteroatoms. The van der Waals surface area contributed by atoms with Crippen LogP contribution in [0, 0.1) is 0 Å². The van der Waals surface area contributed by atoms with Gasteiger partial charge in [-0.05, 0) is 23.6 Å². The minimum absolute atomic E-state index is 0.302. The smallest absolute Gasteiger partial charge is 0.345 e. The van der Waals surface area contributed by atoms with Crippen LogP contribution in [0.2, 0.25) is 0 Å². The van der Waals surface area contributed by atoms with Crippen molar-refractivity contribution in [3.8, 4) is 0 Å². The van der Waals surface area contributed by atoms with Crippen molar-refractivity contribution in [1.82, 2.24) is 25.6 Å². The zero-order valence-corrected chi connectivity index (χ0v) is 14.5. The fourth-order valence-corrected chi connectivity index (χ4v) is 2.60. The molecule has 0 amide bonds. The molecule has 1 aliphatic rings. The van der Waals surface area contributed by atoms with Gasteiger partial charge in [0, 0.05) is 49.5 Å². The lowest BCUT2D eigenvalue weighted by molar-refractivity contribution is 0.534. The number of para-hydroxylation sites is 2. The molecule has 0 bridgehead atoms. The average molecular weight is 349 g/mol. The summed E-state index contributed by atoms with van der Waals surface area (Å²) < 4.78 is 0. The number of nitrogens with one attached hydrogen (secondary N) is 4. The van der Waals surface area contributed by atoms with Gasteiger partial charge in [-0.1, -0.05) is 36.4 Å². The normalized spacial score (nSPS) is 13.4. The number of piperazine rings is 1. The van der Waals surface area contributed by atoms with Crippen LogP contribution < -0.4 is 16.3 Å². The molecule has 26 heavy (non-hydrogen) atoms. The second-order valence-corrected chi connectivity index (χ2v) is 5.84. The summed E-state index contributed by atoms with van der Waals surface area (Å²) in [6, 6.07) is 17.8. The van der Waals surface area contributed by atoms with Crippen molar-refractivity contribution in [2.45, 2.75) is 0 Å². The van der Waals surface area contributed by atoms with E-state index in [1.165, 1.54) is 10.9 Å². The third-order valence-corrected chi connectivity index (χ3v) is 3.94. The number of fused-ring (bicyclic) bond motifs is 2. The van der Waals surface area contributed by atoms with Gasteiger partial charge < -0.3 is 20.6 Å². The van der Waals surface area contributed by atoms with E-state index >= 15 is 0 Å². The Kier molecular flexibility index (Phi) is 6.53. The number of H-pyrrole nitrogens is 2. The summed E-state index contributed by atoms with van der Waals surface area (Å²) in [5, 5.41) is 8.67. The molecule has 0 unspecified atom stereocenters. The van der Waals surface area contributed by atoms with E-state index in [1.54, 1.807) is 6.20 Å². The fraction of sp³-hybridized carbons (Fsp3) is 0.200. The van der Waals surface area contributed by atoms with Gasteiger partial charge in [0.2, 0.25) is 0 Å². The lowest BCUT2D eigenvalue weighted by Crippen LogP contribution is -2.39. The molecular weight excluding hydrogens is 326 g/mol. The van der Waals surface area contributed by atoms with Crippen LogP contribution in [0.15, 0.2) is 71.8 Å². The first-order valence-electron chi connectivity index (χ1n) is 8.70. The highest BCUT2D eigenvalue weighted by atomic mass is 16.1. The molecule has 3 heterocycles. The van der Waals surface area contributed by atoms with Crippen molar-refractivity contribution in [3.05, 3.63) is 77.5 Å². The van der Waals surface area contributed by atoms with Gasteiger partial charge in [-0.2, -0.15) is 0 Å². The molecule has 4 N–H and O–H groups in total. The van der Waals surface area contributed by atoms with E-state index in [2.05, 4.69) is 43.8 Å². The Morgan fingerprint density at radius 1 is 0.731 bits per heavy atom. The number of aromatic nitrogens is 3. The molecule has 0 spiro atoms. The van der Waals surface area contributed by atoms with E-state index in [0.717, 1.165) is 37.1 Å². The van der Waals surface area contributed by atoms with Crippen LogP contribution >= 0.6 is 0 Å². The molecule has 4 aromatic rings. The van der Waals surface area contributed by atoms with Gasteiger partial charge in [-0.25, -0.2) is 9.78 Å². The predicted molar refractivity (Wildman–Crippen MR) is 106 cm³/mol. The van der Waals surface area contributed by atoms with Gasteiger partial charge in [0.25, 0.3) is 0 Å². The summed E-state index contributed by atoms with van der Waals surface area (Å²) in [5.41, 5.74) is 1.73. The summed E-state index contributed by atoms with van der Waals surface area (Å²) in [4.78, 5) is 20.1. The van der Waals surface area contributed by atoms with E-state index < -0.39 is 0 Å². The highest BCUT2D eigenvalue weighted by Gasteiger charge is 1.92. The van der Waals surface area contributed by atoms with Crippen LogP contribution in [0.25, 0.3) is 21.8 Å². The maximum absolute atomic E-state index is 10.7. The minimum atomic E-state index is -0.302. The quantitative estimate of drug-likeness (QED) is 0.392. The molecule has 0 saturated carbocycles. The van der Waals surface area contributed by atoms with Crippen LogP contribution in [0.5, 0.6) is 0 Å². The van der Waals surface area contributed by atoms with Gasteiger partial charge in [0.05, 0.1) is 5.52 Å². The summed E-state index contributed by atoms with van der Waals surface area (Å²) in [6.45, 7) is 4.56. The fourth-order valence-electron chi connectivity index (χ4n) is 2.60.